The summed E-state index contributed by atoms with van der Waals surface area (Å²) in [5.41, 5.74) is 4.54. The van der Waals surface area contributed by atoms with E-state index in [1.165, 1.54) is 25.0 Å². The Morgan fingerprint density at radius 1 is 1.28 bits per heavy atom. The Hall–Kier alpha value is -1.90. The fourth-order valence-corrected chi connectivity index (χ4v) is 4.23. The number of carbonyl (C=O) groups excluding carboxylic acids is 1. The quantitative estimate of drug-likeness (QED) is 0.436. The minimum absolute atomic E-state index is 0.00722. The minimum atomic E-state index is -0.0682. The number of ether oxygens (including phenoxy) is 1. The third-order valence-corrected chi connectivity index (χ3v) is 6.03. The van der Waals surface area contributed by atoms with Gasteiger partial charge >= 0.3 is 0 Å². The van der Waals surface area contributed by atoms with Gasteiger partial charge in [0, 0.05) is 16.9 Å². The van der Waals surface area contributed by atoms with Crippen LogP contribution in [-0.2, 0) is 11.3 Å². The van der Waals surface area contributed by atoms with Crippen LogP contribution in [0.1, 0.15) is 24.0 Å². The molecule has 154 valence electrons. The van der Waals surface area contributed by atoms with E-state index in [0.717, 1.165) is 36.9 Å². The fourth-order valence-electron chi connectivity index (χ4n) is 3.34. The first-order chi connectivity index (χ1) is 14.0. The average Bonchev–Trinajstić information content (AvgIpc) is 2.70. The molecule has 29 heavy (non-hydrogen) atoms. The summed E-state index contributed by atoms with van der Waals surface area (Å²) in [6, 6.07) is 11.6. The molecular weight excluding hydrogens is 502 g/mol. The lowest BCUT2D eigenvalue weighted by atomic mass is 9.96. The normalized spacial score (nSPS) is 15.6. The van der Waals surface area contributed by atoms with Gasteiger partial charge in [-0.1, -0.05) is 28.1 Å². The molecule has 0 spiro atoms. The number of piperidine rings is 1. The number of nitrogens with one attached hydrogen (secondary N) is 1. The molecular formula is C21H23Br2N3O3. The smallest absolute Gasteiger partial charge is 0.243 e. The zero-order valence-electron chi connectivity index (χ0n) is 16.1. The molecule has 1 aliphatic rings. The van der Waals surface area contributed by atoms with Crippen LogP contribution in [0.4, 0.5) is 0 Å². The Kier molecular flexibility index (Phi) is 7.69. The number of amides is 1. The number of benzene rings is 2. The molecule has 1 amide bonds. The molecule has 3 rings (SSSR count). The van der Waals surface area contributed by atoms with Crippen LogP contribution in [0, 0.1) is 5.92 Å². The highest BCUT2D eigenvalue weighted by Crippen LogP contribution is 2.34. The van der Waals surface area contributed by atoms with Gasteiger partial charge in [0.2, 0.25) is 5.91 Å². The van der Waals surface area contributed by atoms with E-state index in [0.29, 0.717) is 15.8 Å². The van der Waals surface area contributed by atoms with Crippen LogP contribution in [0.25, 0.3) is 0 Å². The average molecular weight is 525 g/mol. The Morgan fingerprint density at radius 3 is 2.59 bits per heavy atom. The third-order valence-electron chi connectivity index (χ3n) is 4.92. The molecule has 0 aliphatic carbocycles. The standard InChI is InChI=1S/C21H23Br2N3O3/c1-29-20-18(23)10-15(11-19(20)27)12-24-25-21(28)16-6-8-26(9-7-16)13-14-2-4-17(22)5-3-14/h2-5,10-12,16,27H,6-9,13H2,1H3,(H,25,28)/b24-12-. The number of nitrogens with zero attached hydrogens (tertiary/aromatic N) is 2. The first-order valence-corrected chi connectivity index (χ1v) is 10.9. The van der Waals surface area contributed by atoms with Gasteiger partial charge in [0.1, 0.15) is 0 Å². The number of rotatable bonds is 6. The van der Waals surface area contributed by atoms with Crippen LogP contribution in [0.15, 0.2) is 50.4 Å². The van der Waals surface area contributed by atoms with E-state index < -0.39 is 0 Å². The van der Waals surface area contributed by atoms with Gasteiger partial charge in [-0.15, -0.1) is 0 Å². The van der Waals surface area contributed by atoms with Crippen molar-refractivity contribution in [3.05, 3.63) is 56.5 Å². The van der Waals surface area contributed by atoms with Gasteiger partial charge in [0.25, 0.3) is 0 Å². The van der Waals surface area contributed by atoms with Crippen molar-refractivity contribution in [2.24, 2.45) is 11.0 Å². The van der Waals surface area contributed by atoms with Crippen molar-refractivity contribution in [2.45, 2.75) is 19.4 Å². The van der Waals surface area contributed by atoms with Crippen LogP contribution < -0.4 is 10.2 Å². The SMILES string of the molecule is COc1c(O)cc(/C=N\NC(=O)C2CCN(Cc3ccc(Br)cc3)CC2)cc1Br. The number of hydrogen-bond acceptors (Lipinski definition) is 5. The highest BCUT2D eigenvalue weighted by molar-refractivity contribution is 9.10. The maximum atomic E-state index is 12.4. The van der Waals surface area contributed by atoms with Gasteiger partial charge in [0.15, 0.2) is 11.5 Å². The number of phenolic OH excluding ortho intramolecular Hbond substituents is 1. The third kappa shape index (κ3) is 6.04. The molecule has 1 aliphatic heterocycles. The number of carbonyl (C=O) groups is 1. The Bertz CT molecular complexity index is 856. The molecule has 0 radical (unpaired) electrons. The summed E-state index contributed by atoms with van der Waals surface area (Å²) in [6.07, 6.45) is 3.13. The molecule has 1 heterocycles. The summed E-state index contributed by atoms with van der Waals surface area (Å²) in [4.78, 5) is 14.8. The number of likely N-dealkylation sites (tertiary alicyclic amines) is 1. The minimum Gasteiger partial charge on any atom is -0.504 e. The molecule has 1 saturated heterocycles. The number of hydrogen-bond donors (Lipinski definition) is 2. The summed E-state index contributed by atoms with van der Waals surface area (Å²) in [7, 11) is 1.48. The zero-order valence-corrected chi connectivity index (χ0v) is 19.2. The number of methoxy groups -OCH3 is 1. The second-order valence-electron chi connectivity index (χ2n) is 6.97. The van der Waals surface area contributed by atoms with E-state index in [1.807, 2.05) is 0 Å². The Labute approximate surface area is 187 Å². The predicted octanol–water partition coefficient (Wildman–Crippen LogP) is 4.29. The van der Waals surface area contributed by atoms with Crippen molar-refractivity contribution >= 4 is 44.0 Å². The zero-order chi connectivity index (χ0) is 20.8. The molecule has 6 nitrogen and oxygen atoms in total. The van der Waals surface area contributed by atoms with Gasteiger partial charge in [-0.05, 0) is 77.3 Å². The fraction of sp³-hybridized carbons (Fsp3) is 0.333. The molecule has 1 fully saturated rings. The Balaban J connectivity index is 1.47. The molecule has 0 aromatic heterocycles. The van der Waals surface area contributed by atoms with Crippen molar-refractivity contribution in [1.82, 2.24) is 10.3 Å². The van der Waals surface area contributed by atoms with E-state index in [9.17, 15) is 9.90 Å². The summed E-state index contributed by atoms with van der Waals surface area (Å²) < 4.78 is 6.78. The predicted molar refractivity (Wildman–Crippen MR) is 120 cm³/mol. The number of hydrazone groups is 1. The molecule has 0 bridgehead atoms. The van der Waals surface area contributed by atoms with Gasteiger partial charge in [0.05, 0.1) is 17.8 Å². The topological polar surface area (TPSA) is 74.2 Å². The number of halogens is 2. The van der Waals surface area contributed by atoms with Gasteiger partial charge < -0.3 is 9.84 Å². The second kappa shape index (κ2) is 10.2. The first kappa shape index (κ1) is 21.8. The molecule has 0 atom stereocenters. The van der Waals surface area contributed by atoms with E-state index in [1.54, 1.807) is 6.07 Å². The maximum absolute atomic E-state index is 12.4. The van der Waals surface area contributed by atoms with Crippen molar-refractivity contribution in [2.75, 3.05) is 20.2 Å². The molecule has 2 aromatic rings. The number of phenols is 1. The lowest BCUT2D eigenvalue weighted by molar-refractivity contribution is -0.126. The van der Waals surface area contributed by atoms with Gasteiger partial charge in [-0.3, -0.25) is 9.69 Å². The monoisotopic (exact) mass is 523 g/mol. The van der Waals surface area contributed by atoms with Crippen molar-refractivity contribution in [1.29, 1.82) is 0 Å². The first-order valence-electron chi connectivity index (χ1n) is 9.32. The van der Waals surface area contributed by atoms with E-state index in [-0.39, 0.29) is 17.6 Å². The van der Waals surface area contributed by atoms with Crippen molar-refractivity contribution in [3.63, 3.8) is 0 Å². The molecule has 0 saturated carbocycles. The summed E-state index contributed by atoms with van der Waals surface area (Å²) in [5.74, 6) is 0.263. The van der Waals surface area contributed by atoms with E-state index in [4.69, 9.17) is 4.74 Å². The summed E-state index contributed by atoms with van der Waals surface area (Å²) >= 11 is 6.79. The van der Waals surface area contributed by atoms with Crippen LogP contribution >= 0.6 is 31.9 Å². The maximum Gasteiger partial charge on any atom is 0.243 e. The highest BCUT2D eigenvalue weighted by Gasteiger charge is 2.24. The lowest BCUT2D eigenvalue weighted by Crippen LogP contribution is -2.39. The van der Waals surface area contributed by atoms with E-state index >= 15 is 0 Å². The van der Waals surface area contributed by atoms with Gasteiger partial charge in [-0.2, -0.15) is 5.10 Å². The molecule has 2 aromatic carbocycles. The molecule has 2 N–H and O–H groups in total. The summed E-state index contributed by atoms with van der Waals surface area (Å²) in [6.45, 7) is 2.67. The second-order valence-corrected chi connectivity index (χ2v) is 8.74. The Morgan fingerprint density at radius 2 is 1.97 bits per heavy atom. The summed E-state index contributed by atoms with van der Waals surface area (Å²) in [5, 5.41) is 14.0. The molecule has 0 unspecified atom stereocenters. The largest absolute Gasteiger partial charge is 0.504 e. The van der Waals surface area contributed by atoms with Crippen LogP contribution in [0.2, 0.25) is 0 Å². The number of aromatic hydroxyl groups is 1. The van der Waals surface area contributed by atoms with Crippen LogP contribution in [0.3, 0.4) is 0 Å². The van der Waals surface area contributed by atoms with Crippen LogP contribution in [0.5, 0.6) is 11.5 Å². The van der Waals surface area contributed by atoms with Crippen molar-refractivity contribution in [3.8, 4) is 11.5 Å². The van der Waals surface area contributed by atoms with Crippen LogP contribution in [-0.4, -0.2) is 42.3 Å². The highest BCUT2D eigenvalue weighted by atomic mass is 79.9. The van der Waals surface area contributed by atoms with Gasteiger partial charge in [-0.25, -0.2) is 5.43 Å². The van der Waals surface area contributed by atoms with E-state index in [2.05, 4.69) is 71.6 Å². The lowest BCUT2D eigenvalue weighted by Gasteiger charge is -2.30. The van der Waals surface area contributed by atoms with Crippen molar-refractivity contribution < 1.29 is 14.6 Å². The molecule has 8 heteroatoms.